The number of aliphatic hydroxyl groups is 1. The van der Waals surface area contributed by atoms with Crippen LogP contribution in [0.1, 0.15) is 32.1 Å². The van der Waals surface area contributed by atoms with Gasteiger partial charge >= 0.3 is 0 Å². The topological polar surface area (TPSA) is 404 Å². The van der Waals surface area contributed by atoms with Gasteiger partial charge in [-0.25, -0.2) is 0 Å². The van der Waals surface area contributed by atoms with E-state index in [1.807, 2.05) is 0 Å². The number of carbonyl (C=O) groups is 9. The molecule has 0 spiro atoms. The number of nitrogens with zero attached hydrogens (tertiary/aromatic N) is 3. The molecule has 17 N–H and O–H groups in total. The molecule has 288 valence electrons. The Balaban J connectivity index is 2.63. The van der Waals surface area contributed by atoms with Crippen molar-refractivity contribution < 1.29 is 48.3 Å². The van der Waals surface area contributed by atoms with E-state index in [0.717, 1.165) is 17.1 Å². The van der Waals surface area contributed by atoms with Gasteiger partial charge < -0.3 is 65.7 Å². The molecule has 1 aliphatic rings. The lowest BCUT2D eigenvalue weighted by Gasteiger charge is -2.20. The second kappa shape index (κ2) is 23.1. The number of nitrogens with one attached hydrogen (secondary N) is 6. The van der Waals surface area contributed by atoms with E-state index in [2.05, 4.69) is 41.9 Å². The molecule has 3 atom stereocenters. The van der Waals surface area contributed by atoms with Crippen molar-refractivity contribution in [2.24, 2.45) is 38.7 Å². The molecule has 1 aliphatic heterocycles. The van der Waals surface area contributed by atoms with Crippen molar-refractivity contribution in [3.63, 3.8) is 0 Å². The molecule has 0 aliphatic carbocycles. The molecule has 0 fully saturated rings. The molecule has 24 nitrogen and oxygen atoms in total. The molecule has 0 bridgehead atoms. The lowest BCUT2D eigenvalue weighted by molar-refractivity contribution is -0.137. The van der Waals surface area contributed by atoms with E-state index in [1.165, 1.54) is 0 Å². The van der Waals surface area contributed by atoms with Gasteiger partial charge in [-0.05, 0) is 25.7 Å². The van der Waals surface area contributed by atoms with Crippen molar-refractivity contribution in [3.05, 3.63) is 12.2 Å². The van der Waals surface area contributed by atoms with Gasteiger partial charge in [-0.3, -0.25) is 58.0 Å². The van der Waals surface area contributed by atoms with Gasteiger partial charge in [0.25, 0.3) is 11.8 Å². The Morgan fingerprint density at radius 3 is 1.52 bits per heavy atom. The minimum atomic E-state index is -1.54. The van der Waals surface area contributed by atoms with Crippen LogP contribution in [-0.4, -0.2) is 139 Å². The number of amides is 9. The van der Waals surface area contributed by atoms with Crippen LogP contribution in [0, 0.1) is 0 Å². The van der Waals surface area contributed by atoms with Crippen LogP contribution in [0.15, 0.2) is 22.1 Å². The van der Waals surface area contributed by atoms with E-state index in [1.54, 1.807) is 0 Å². The van der Waals surface area contributed by atoms with Gasteiger partial charge in [-0.2, -0.15) is 0 Å². The number of rotatable bonds is 24. The Kier molecular flexibility index (Phi) is 19.4. The Labute approximate surface area is 297 Å². The van der Waals surface area contributed by atoms with E-state index in [0.29, 0.717) is 6.42 Å². The summed E-state index contributed by atoms with van der Waals surface area (Å²) < 4.78 is 0. The highest BCUT2D eigenvalue weighted by molar-refractivity contribution is 6.13. The van der Waals surface area contributed by atoms with Crippen molar-refractivity contribution in [1.82, 2.24) is 36.8 Å². The summed E-state index contributed by atoms with van der Waals surface area (Å²) >= 11 is 0. The standard InChI is InChI=1S/C28H46N14O10/c29-24(50)15(3-1-8-34-27(30)31)39-20(46)12-38-26(52)17(14-43)41-21(47)13-37-25(51)16(4-2-9-35-28(32)33)40-19(45)11-36-18(44)7-10-42-22(48)5-6-23(42)49/h5-6,15-17,43H,1-4,7-14H2,(H2,29,50)(H,36,44)(H,37,51)(H,38,52)(H,39,46)(H,40,45)(H,41,47)(H4,30,31,34)(H4,32,33,35)/t15-,16-,17-/m0/s1. The molecule has 0 aromatic rings. The molecule has 0 radical (unpaired) electrons. The Bertz CT molecular complexity index is 1410. The maximum atomic E-state index is 12.9. The Morgan fingerprint density at radius 2 is 1.06 bits per heavy atom. The molecule has 1 heterocycles. The fraction of sp³-hybridized carbons (Fsp3) is 0.536. The fourth-order valence-corrected chi connectivity index (χ4v) is 4.20. The number of aliphatic imine (C=N–C) groups is 2. The van der Waals surface area contributed by atoms with Crippen molar-refractivity contribution in [1.29, 1.82) is 0 Å². The highest BCUT2D eigenvalue weighted by atomic mass is 16.3. The van der Waals surface area contributed by atoms with Crippen LogP contribution in [-0.2, 0) is 43.2 Å². The van der Waals surface area contributed by atoms with Crippen molar-refractivity contribution in [2.75, 3.05) is 45.9 Å². The van der Waals surface area contributed by atoms with Crippen LogP contribution in [0.3, 0.4) is 0 Å². The maximum Gasteiger partial charge on any atom is 0.253 e. The third kappa shape index (κ3) is 17.9. The molecular weight excluding hydrogens is 692 g/mol. The van der Waals surface area contributed by atoms with E-state index in [-0.39, 0.29) is 57.2 Å². The number of aliphatic hydroxyl groups excluding tert-OH is 1. The SMILES string of the molecule is NC(=O)[C@H](CCCN=C(N)N)NC(=O)CNC(=O)[C@H](CO)NC(=O)CNC(=O)[C@H](CCCN=C(N)N)NC(=O)CNC(=O)CCN1C(=O)C=CC1=O. The summed E-state index contributed by atoms with van der Waals surface area (Å²) in [5, 5.41) is 23.3. The molecule has 9 amide bonds. The molecule has 1 rings (SSSR count). The smallest absolute Gasteiger partial charge is 0.253 e. The summed E-state index contributed by atoms with van der Waals surface area (Å²) in [7, 11) is 0. The minimum absolute atomic E-state index is 0.00723. The van der Waals surface area contributed by atoms with Gasteiger partial charge in [0.05, 0.1) is 26.2 Å². The predicted octanol–water partition coefficient (Wildman–Crippen LogP) is -8.31. The van der Waals surface area contributed by atoms with Gasteiger partial charge in [-0.15, -0.1) is 0 Å². The van der Waals surface area contributed by atoms with Crippen LogP contribution < -0.4 is 60.6 Å². The second-order valence-electron chi connectivity index (χ2n) is 11.0. The predicted molar refractivity (Wildman–Crippen MR) is 181 cm³/mol. The summed E-state index contributed by atoms with van der Waals surface area (Å²) in [4.78, 5) is 118. The fourth-order valence-electron chi connectivity index (χ4n) is 4.20. The van der Waals surface area contributed by atoms with E-state index >= 15 is 0 Å². The normalized spacial score (nSPS) is 13.5. The van der Waals surface area contributed by atoms with Crippen molar-refractivity contribution >= 4 is 65.1 Å². The molecule has 0 aromatic heterocycles. The van der Waals surface area contributed by atoms with E-state index < -0.39 is 97.5 Å². The first-order chi connectivity index (χ1) is 24.5. The zero-order chi connectivity index (χ0) is 39.2. The first-order valence-electron chi connectivity index (χ1n) is 15.8. The average Bonchev–Trinajstić information content (AvgIpc) is 3.41. The lowest BCUT2D eigenvalue weighted by Crippen LogP contribution is -2.55. The van der Waals surface area contributed by atoms with Crippen LogP contribution in [0.5, 0.6) is 0 Å². The molecule has 24 heteroatoms. The second-order valence-corrected chi connectivity index (χ2v) is 11.0. The number of hydrogen-bond acceptors (Lipinski definition) is 12. The molecule has 0 saturated carbocycles. The third-order valence-corrected chi connectivity index (χ3v) is 6.81. The van der Waals surface area contributed by atoms with E-state index in [9.17, 15) is 48.3 Å². The Morgan fingerprint density at radius 1 is 0.635 bits per heavy atom. The summed E-state index contributed by atoms with van der Waals surface area (Å²) in [6.45, 7) is -2.73. The van der Waals surface area contributed by atoms with Crippen LogP contribution in [0.25, 0.3) is 0 Å². The quantitative estimate of drug-likeness (QED) is 0.0189. The third-order valence-electron chi connectivity index (χ3n) is 6.81. The van der Waals surface area contributed by atoms with Gasteiger partial charge in [0.1, 0.15) is 18.1 Å². The van der Waals surface area contributed by atoms with E-state index in [4.69, 9.17) is 28.7 Å². The van der Waals surface area contributed by atoms with Crippen molar-refractivity contribution in [3.8, 4) is 0 Å². The summed E-state index contributed by atoms with van der Waals surface area (Å²) in [5.41, 5.74) is 26.3. The molecule has 0 saturated heterocycles. The van der Waals surface area contributed by atoms with Gasteiger partial charge in [0.2, 0.25) is 41.4 Å². The lowest BCUT2D eigenvalue weighted by atomic mass is 10.1. The maximum absolute atomic E-state index is 12.9. The zero-order valence-electron chi connectivity index (χ0n) is 28.2. The highest BCUT2D eigenvalue weighted by Gasteiger charge is 2.26. The number of primary amides is 1. The summed E-state index contributed by atoms with van der Waals surface area (Å²) in [5.74, 6) is -7.29. The van der Waals surface area contributed by atoms with Crippen LogP contribution in [0.4, 0.5) is 0 Å². The Hall–Kier alpha value is -6.33. The summed E-state index contributed by atoms with van der Waals surface area (Å²) in [6, 6.07) is -3.86. The molecular formula is C28H46N14O10. The number of guanidine groups is 2. The van der Waals surface area contributed by atoms with Crippen molar-refractivity contribution in [2.45, 2.75) is 50.2 Å². The zero-order valence-corrected chi connectivity index (χ0v) is 28.2. The number of imide groups is 1. The first-order valence-corrected chi connectivity index (χ1v) is 15.8. The van der Waals surface area contributed by atoms with Gasteiger partial charge in [-0.1, -0.05) is 0 Å². The molecule has 52 heavy (non-hydrogen) atoms. The number of carbonyl (C=O) groups excluding carboxylic acids is 9. The summed E-state index contributed by atoms with van der Waals surface area (Å²) in [6.07, 6.45) is 2.47. The molecule has 0 aromatic carbocycles. The van der Waals surface area contributed by atoms with Gasteiger partial charge in [0.15, 0.2) is 11.9 Å². The van der Waals surface area contributed by atoms with Crippen LogP contribution in [0.2, 0.25) is 0 Å². The van der Waals surface area contributed by atoms with Crippen LogP contribution >= 0.6 is 0 Å². The molecule has 0 unspecified atom stereocenters. The number of hydrogen-bond donors (Lipinski definition) is 12. The highest BCUT2D eigenvalue weighted by Crippen LogP contribution is 2.04. The largest absolute Gasteiger partial charge is 0.394 e. The average molecular weight is 739 g/mol. The van der Waals surface area contributed by atoms with Gasteiger partial charge in [0, 0.05) is 38.2 Å². The number of nitrogens with two attached hydrogens (primary N) is 5. The monoisotopic (exact) mass is 738 g/mol. The minimum Gasteiger partial charge on any atom is -0.394 e. The first kappa shape index (κ1) is 43.7.